The van der Waals surface area contributed by atoms with E-state index in [-0.39, 0.29) is 12.0 Å². The number of nitrogens with zero attached hydrogens (tertiary/aromatic N) is 5. The van der Waals surface area contributed by atoms with E-state index in [1.807, 2.05) is 37.4 Å². The number of carbonyl (C=O) groups excluding carboxylic acids is 1. The number of hydrogen-bond donors (Lipinski definition) is 2. The molecular formula is C29H33N7O2. The van der Waals surface area contributed by atoms with E-state index in [4.69, 9.17) is 9.72 Å². The molecule has 0 aliphatic carbocycles. The quantitative estimate of drug-likeness (QED) is 0.365. The molecule has 38 heavy (non-hydrogen) atoms. The summed E-state index contributed by atoms with van der Waals surface area (Å²) < 4.78 is 5.54. The number of H-pyrrole nitrogens is 1. The van der Waals surface area contributed by atoms with Gasteiger partial charge in [0, 0.05) is 61.3 Å². The van der Waals surface area contributed by atoms with Gasteiger partial charge in [0.1, 0.15) is 0 Å². The average molecular weight is 512 g/mol. The van der Waals surface area contributed by atoms with Gasteiger partial charge in [-0.25, -0.2) is 4.98 Å². The van der Waals surface area contributed by atoms with Crippen LogP contribution in [0.4, 0.5) is 5.69 Å². The SMILES string of the molecule is Cc1cccc(-c2[nH]cnc2-c2ccc3ncc(N4CCN(C)C(CC(=O)OCC5CNC5)C4)cc3c2)n1. The van der Waals surface area contributed by atoms with Gasteiger partial charge < -0.3 is 19.9 Å². The lowest BCUT2D eigenvalue weighted by atomic mass is 10.0. The third-order valence-corrected chi connectivity index (χ3v) is 7.61. The Morgan fingerprint density at radius 2 is 2.03 bits per heavy atom. The van der Waals surface area contributed by atoms with Crippen LogP contribution in [0.1, 0.15) is 12.1 Å². The number of aryl methyl sites for hydroxylation is 1. The molecule has 1 atom stereocenters. The van der Waals surface area contributed by atoms with Gasteiger partial charge in [-0.1, -0.05) is 12.1 Å². The summed E-state index contributed by atoms with van der Waals surface area (Å²) in [6.45, 7) is 6.89. The molecule has 1 unspecified atom stereocenters. The molecule has 0 amide bonds. The van der Waals surface area contributed by atoms with Crippen LogP contribution in [0.15, 0.2) is 55.0 Å². The van der Waals surface area contributed by atoms with Crippen LogP contribution in [0.2, 0.25) is 0 Å². The number of hydrogen-bond acceptors (Lipinski definition) is 8. The van der Waals surface area contributed by atoms with Gasteiger partial charge >= 0.3 is 5.97 Å². The average Bonchev–Trinajstić information content (AvgIpc) is 3.39. The number of aromatic amines is 1. The molecule has 3 aromatic heterocycles. The monoisotopic (exact) mass is 511 g/mol. The number of fused-ring (bicyclic) bond motifs is 1. The molecule has 196 valence electrons. The highest BCUT2D eigenvalue weighted by atomic mass is 16.5. The van der Waals surface area contributed by atoms with E-state index in [2.05, 4.69) is 55.3 Å². The molecule has 0 spiro atoms. The van der Waals surface area contributed by atoms with E-state index in [0.717, 1.165) is 77.7 Å². The van der Waals surface area contributed by atoms with Crippen molar-refractivity contribution in [2.75, 3.05) is 51.3 Å². The number of carbonyl (C=O) groups is 1. The summed E-state index contributed by atoms with van der Waals surface area (Å²) in [5.74, 6) is 0.341. The van der Waals surface area contributed by atoms with E-state index in [1.54, 1.807) is 6.33 Å². The minimum atomic E-state index is -0.116. The molecule has 2 aliphatic rings. The Kier molecular flexibility index (Phi) is 6.78. The molecule has 6 rings (SSSR count). The Balaban J connectivity index is 1.21. The van der Waals surface area contributed by atoms with Gasteiger partial charge in [0.25, 0.3) is 0 Å². The van der Waals surface area contributed by atoms with Crippen LogP contribution in [-0.4, -0.2) is 83.2 Å². The smallest absolute Gasteiger partial charge is 0.307 e. The highest BCUT2D eigenvalue weighted by molar-refractivity contribution is 5.88. The standard InChI is InChI=1S/C29H33N7O2/c1-19-4-3-5-26(34-19)29-28(32-18-33-29)21-6-7-25-22(10-21)11-23(15-31-25)36-9-8-35(2)24(16-36)12-27(37)38-17-20-13-30-14-20/h3-7,10-11,15,18,20,24,30H,8-9,12-14,16-17H2,1-2H3,(H,32,33). The fourth-order valence-corrected chi connectivity index (χ4v) is 5.16. The minimum Gasteiger partial charge on any atom is -0.465 e. The van der Waals surface area contributed by atoms with Crippen molar-refractivity contribution >= 4 is 22.6 Å². The van der Waals surface area contributed by atoms with Crippen LogP contribution in [0.3, 0.4) is 0 Å². The number of imidazole rings is 1. The molecule has 2 fully saturated rings. The van der Waals surface area contributed by atoms with E-state index >= 15 is 0 Å². The molecule has 9 nitrogen and oxygen atoms in total. The molecule has 1 aromatic carbocycles. The van der Waals surface area contributed by atoms with Gasteiger partial charge in [0.2, 0.25) is 0 Å². The van der Waals surface area contributed by atoms with E-state index in [1.165, 1.54) is 0 Å². The van der Waals surface area contributed by atoms with Gasteiger partial charge in [0.05, 0.1) is 53.8 Å². The molecule has 2 aliphatic heterocycles. The van der Waals surface area contributed by atoms with Gasteiger partial charge in [-0.2, -0.15) is 0 Å². The molecule has 0 bridgehead atoms. The van der Waals surface area contributed by atoms with Gasteiger partial charge in [0.15, 0.2) is 0 Å². The summed E-state index contributed by atoms with van der Waals surface area (Å²) in [5, 5.41) is 4.26. The number of nitrogens with one attached hydrogen (secondary N) is 2. The number of aromatic nitrogens is 4. The van der Waals surface area contributed by atoms with Crippen molar-refractivity contribution in [3.63, 3.8) is 0 Å². The van der Waals surface area contributed by atoms with E-state index in [0.29, 0.717) is 18.9 Å². The highest BCUT2D eigenvalue weighted by Gasteiger charge is 2.28. The summed E-state index contributed by atoms with van der Waals surface area (Å²) in [4.78, 5) is 34.4. The van der Waals surface area contributed by atoms with Crippen LogP contribution in [0, 0.1) is 12.8 Å². The van der Waals surface area contributed by atoms with Crippen LogP contribution in [0.5, 0.6) is 0 Å². The Hall–Kier alpha value is -3.82. The zero-order valence-corrected chi connectivity index (χ0v) is 21.9. The zero-order valence-electron chi connectivity index (χ0n) is 21.9. The summed E-state index contributed by atoms with van der Waals surface area (Å²) in [5.41, 5.74) is 6.61. The second-order valence-corrected chi connectivity index (χ2v) is 10.4. The van der Waals surface area contributed by atoms with Gasteiger partial charge in [-0.3, -0.25) is 19.7 Å². The second kappa shape index (κ2) is 10.5. The Bertz CT molecular complexity index is 1450. The normalized spacial score (nSPS) is 18.5. The van der Waals surface area contributed by atoms with Gasteiger partial charge in [-0.05, 0) is 44.3 Å². The number of rotatable bonds is 7. The molecule has 4 aromatic rings. The molecule has 2 N–H and O–H groups in total. The first-order chi connectivity index (χ1) is 18.5. The number of esters is 1. The van der Waals surface area contributed by atoms with Crippen molar-refractivity contribution in [3.8, 4) is 22.6 Å². The molecular weight excluding hydrogens is 478 g/mol. The summed E-state index contributed by atoms with van der Waals surface area (Å²) in [6.07, 6.45) is 4.04. The Labute approximate surface area is 222 Å². The summed E-state index contributed by atoms with van der Waals surface area (Å²) in [6, 6.07) is 14.5. The van der Waals surface area contributed by atoms with Crippen LogP contribution in [0.25, 0.3) is 33.5 Å². The summed E-state index contributed by atoms with van der Waals surface area (Å²) in [7, 11) is 2.08. The fourth-order valence-electron chi connectivity index (χ4n) is 5.16. The van der Waals surface area contributed by atoms with E-state index in [9.17, 15) is 4.79 Å². The van der Waals surface area contributed by atoms with Crippen molar-refractivity contribution in [3.05, 3.63) is 60.7 Å². The van der Waals surface area contributed by atoms with Crippen LogP contribution < -0.4 is 10.2 Å². The van der Waals surface area contributed by atoms with Crippen molar-refractivity contribution in [1.29, 1.82) is 0 Å². The number of likely N-dealkylation sites (N-methyl/N-ethyl adjacent to an activating group) is 1. The molecule has 0 radical (unpaired) electrons. The Morgan fingerprint density at radius 3 is 2.84 bits per heavy atom. The maximum absolute atomic E-state index is 12.5. The molecule has 9 heteroatoms. The first-order valence-electron chi connectivity index (χ1n) is 13.2. The maximum atomic E-state index is 12.5. The molecule has 2 saturated heterocycles. The second-order valence-electron chi connectivity index (χ2n) is 10.4. The van der Waals surface area contributed by atoms with Crippen LogP contribution in [-0.2, 0) is 9.53 Å². The topological polar surface area (TPSA) is 99.3 Å². The minimum absolute atomic E-state index is 0.103. The lowest BCUT2D eigenvalue weighted by Gasteiger charge is -2.40. The highest BCUT2D eigenvalue weighted by Crippen LogP contribution is 2.31. The van der Waals surface area contributed by atoms with Gasteiger partial charge in [-0.15, -0.1) is 0 Å². The third-order valence-electron chi connectivity index (χ3n) is 7.61. The van der Waals surface area contributed by atoms with Crippen molar-refractivity contribution in [2.24, 2.45) is 5.92 Å². The largest absolute Gasteiger partial charge is 0.465 e. The summed E-state index contributed by atoms with van der Waals surface area (Å²) >= 11 is 0. The predicted molar refractivity (Wildman–Crippen MR) is 148 cm³/mol. The lowest BCUT2D eigenvalue weighted by Crippen LogP contribution is -2.52. The van der Waals surface area contributed by atoms with Crippen LogP contribution >= 0.6 is 0 Å². The number of pyridine rings is 2. The number of anilines is 1. The van der Waals surface area contributed by atoms with Crippen molar-refractivity contribution < 1.29 is 9.53 Å². The fraction of sp³-hybridized carbons (Fsp3) is 0.379. The van der Waals surface area contributed by atoms with E-state index < -0.39 is 0 Å². The number of benzene rings is 1. The lowest BCUT2D eigenvalue weighted by molar-refractivity contribution is -0.146. The molecule has 0 saturated carbocycles. The first-order valence-corrected chi connectivity index (χ1v) is 13.2. The predicted octanol–water partition coefficient (Wildman–Crippen LogP) is 3.27. The molecule has 5 heterocycles. The number of ether oxygens (including phenoxy) is 1. The Morgan fingerprint density at radius 1 is 1.13 bits per heavy atom. The first kappa shape index (κ1) is 24.5. The third kappa shape index (κ3) is 5.12. The zero-order chi connectivity index (χ0) is 26.1. The van der Waals surface area contributed by atoms with Crippen molar-refractivity contribution in [2.45, 2.75) is 19.4 Å². The van der Waals surface area contributed by atoms with Crippen molar-refractivity contribution in [1.82, 2.24) is 30.2 Å². The number of piperazine rings is 1. The maximum Gasteiger partial charge on any atom is 0.307 e.